The van der Waals surface area contributed by atoms with Gasteiger partial charge in [0.05, 0.1) is 30.7 Å². The van der Waals surface area contributed by atoms with E-state index in [-0.39, 0.29) is 5.91 Å². The first kappa shape index (κ1) is 20.5. The normalized spacial score (nSPS) is 13.6. The molecule has 2 aromatic heterocycles. The van der Waals surface area contributed by atoms with E-state index in [2.05, 4.69) is 25.7 Å². The molecule has 0 atom stereocenters. The Morgan fingerprint density at radius 3 is 2.87 bits per heavy atom. The SMILES string of the molecule is Cn1cc(Nc2ncc(C=N)c(NCc3cccc(C(=O)N4CCOCC4)c3)n2)cn1. The molecule has 3 aromatic rings. The number of anilines is 3. The van der Waals surface area contributed by atoms with Crippen LogP contribution in [0.25, 0.3) is 0 Å². The maximum atomic E-state index is 12.7. The molecule has 1 amide bonds. The minimum absolute atomic E-state index is 0.00956. The summed E-state index contributed by atoms with van der Waals surface area (Å²) in [5.41, 5.74) is 2.92. The number of nitrogens with one attached hydrogen (secondary N) is 3. The number of aryl methyl sites for hydroxylation is 1. The maximum Gasteiger partial charge on any atom is 0.254 e. The number of rotatable bonds is 7. The van der Waals surface area contributed by atoms with E-state index >= 15 is 0 Å². The second-order valence-corrected chi connectivity index (χ2v) is 7.13. The average molecular weight is 420 g/mol. The van der Waals surface area contributed by atoms with E-state index in [9.17, 15) is 4.79 Å². The molecule has 1 aliphatic rings. The zero-order chi connectivity index (χ0) is 21.6. The van der Waals surface area contributed by atoms with Crippen LogP contribution in [0.1, 0.15) is 21.5 Å². The summed E-state index contributed by atoms with van der Waals surface area (Å²) >= 11 is 0. The first-order valence-electron chi connectivity index (χ1n) is 9.95. The Morgan fingerprint density at radius 1 is 1.29 bits per heavy atom. The van der Waals surface area contributed by atoms with Crippen molar-refractivity contribution in [2.75, 3.05) is 36.9 Å². The Labute approximate surface area is 179 Å². The molecule has 10 nitrogen and oxygen atoms in total. The minimum atomic E-state index is 0.00956. The Morgan fingerprint density at radius 2 is 2.13 bits per heavy atom. The van der Waals surface area contributed by atoms with Gasteiger partial charge < -0.3 is 25.7 Å². The summed E-state index contributed by atoms with van der Waals surface area (Å²) in [6.07, 6.45) is 6.28. The van der Waals surface area contributed by atoms with Gasteiger partial charge in [0.1, 0.15) is 5.82 Å². The van der Waals surface area contributed by atoms with Gasteiger partial charge in [0.2, 0.25) is 5.95 Å². The summed E-state index contributed by atoms with van der Waals surface area (Å²) in [7, 11) is 1.83. The molecule has 31 heavy (non-hydrogen) atoms. The lowest BCUT2D eigenvalue weighted by Gasteiger charge is -2.27. The van der Waals surface area contributed by atoms with E-state index in [1.165, 1.54) is 6.21 Å². The van der Waals surface area contributed by atoms with Crippen molar-refractivity contribution in [2.45, 2.75) is 6.54 Å². The van der Waals surface area contributed by atoms with E-state index < -0.39 is 0 Å². The number of nitrogens with zero attached hydrogens (tertiary/aromatic N) is 5. The zero-order valence-electron chi connectivity index (χ0n) is 17.2. The van der Waals surface area contributed by atoms with Crippen molar-refractivity contribution < 1.29 is 9.53 Å². The second-order valence-electron chi connectivity index (χ2n) is 7.13. The molecular weight excluding hydrogens is 396 g/mol. The van der Waals surface area contributed by atoms with Crippen LogP contribution in [-0.2, 0) is 18.3 Å². The molecule has 3 N–H and O–H groups in total. The number of ether oxygens (including phenoxy) is 1. The highest BCUT2D eigenvalue weighted by atomic mass is 16.5. The number of aromatic nitrogens is 4. The zero-order valence-corrected chi connectivity index (χ0v) is 17.2. The van der Waals surface area contributed by atoms with Crippen molar-refractivity contribution in [1.82, 2.24) is 24.6 Å². The van der Waals surface area contributed by atoms with E-state index in [0.717, 1.165) is 11.3 Å². The Hall–Kier alpha value is -3.79. The third-order valence-corrected chi connectivity index (χ3v) is 4.87. The van der Waals surface area contributed by atoms with Crippen molar-refractivity contribution in [1.29, 1.82) is 5.41 Å². The fourth-order valence-corrected chi connectivity index (χ4v) is 3.26. The highest BCUT2D eigenvalue weighted by molar-refractivity contribution is 5.94. The van der Waals surface area contributed by atoms with Gasteiger partial charge in [0.25, 0.3) is 5.91 Å². The lowest BCUT2D eigenvalue weighted by Crippen LogP contribution is -2.40. The van der Waals surface area contributed by atoms with Crippen LogP contribution in [0.4, 0.5) is 17.5 Å². The summed E-state index contributed by atoms with van der Waals surface area (Å²) in [6.45, 7) is 2.81. The van der Waals surface area contributed by atoms with Crippen molar-refractivity contribution >= 4 is 29.6 Å². The van der Waals surface area contributed by atoms with Gasteiger partial charge in [0.15, 0.2) is 0 Å². The molecule has 0 aliphatic carbocycles. The van der Waals surface area contributed by atoms with Gasteiger partial charge in [-0.15, -0.1) is 0 Å². The van der Waals surface area contributed by atoms with Crippen molar-refractivity contribution in [2.24, 2.45) is 7.05 Å². The van der Waals surface area contributed by atoms with Crippen LogP contribution in [0.15, 0.2) is 42.9 Å². The van der Waals surface area contributed by atoms with Crippen LogP contribution < -0.4 is 10.6 Å². The summed E-state index contributed by atoms with van der Waals surface area (Å²) < 4.78 is 7.00. The lowest BCUT2D eigenvalue weighted by atomic mass is 10.1. The molecular formula is C21H24N8O2. The highest BCUT2D eigenvalue weighted by Crippen LogP contribution is 2.17. The summed E-state index contributed by atoms with van der Waals surface area (Å²) in [5.74, 6) is 0.939. The largest absolute Gasteiger partial charge is 0.378 e. The molecule has 0 bridgehead atoms. The number of hydrogen-bond donors (Lipinski definition) is 3. The van der Waals surface area contributed by atoms with E-state index in [4.69, 9.17) is 10.1 Å². The summed E-state index contributed by atoms with van der Waals surface area (Å²) in [4.78, 5) is 23.3. The van der Waals surface area contributed by atoms with Gasteiger partial charge in [-0.1, -0.05) is 12.1 Å². The average Bonchev–Trinajstić information content (AvgIpc) is 3.22. The molecule has 10 heteroatoms. The number of amides is 1. The fourth-order valence-electron chi connectivity index (χ4n) is 3.26. The molecule has 1 aromatic carbocycles. The molecule has 4 rings (SSSR count). The summed E-state index contributed by atoms with van der Waals surface area (Å²) in [5, 5.41) is 18.1. The Bertz CT molecular complexity index is 1070. The molecule has 0 spiro atoms. The van der Waals surface area contributed by atoms with Crippen LogP contribution in [-0.4, -0.2) is 63.1 Å². The number of benzene rings is 1. The molecule has 0 radical (unpaired) electrons. The third-order valence-electron chi connectivity index (χ3n) is 4.87. The van der Waals surface area contributed by atoms with Gasteiger partial charge >= 0.3 is 0 Å². The van der Waals surface area contributed by atoms with E-state index in [0.29, 0.717) is 55.7 Å². The van der Waals surface area contributed by atoms with Crippen molar-refractivity contribution in [3.63, 3.8) is 0 Å². The topological polar surface area (TPSA) is 121 Å². The standard InChI is InChI=1S/C21H24N8O2/c1-28-14-18(13-25-28)26-21-24-12-17(10-22)19(27-21)23-11-15-3-2-4-16(9-15)20(30)29-5-7-31-8-6-29/h2-4,9-10,12-14,22H,5-8,11H2,1H3,(H2,23,24,26,27). The van der Waals surface area contributed by atoms with Crippen molar-refractivity contribution in [3.8, 4) is 0 Å². The van der Waals surface area contributed by atoms with Crippen molar-refractivity contribution in [3.05, 3.63) is 59.5 Å². The number of hydrogen-bond acceptors (Lipinski definition) is 8. The predicted octanol–water partition coefficient (Wildman–Crippen LogP) is 2.04. The quantitative estimate of drug-likeness (QED) is 0.500. The molecule has 0 unspecified atom stereocenters. The minimum Gasteiger partial charge on any atom is -0.378 e. The summed E-state index contributed by atoms with van der Waals surface area (Å²) in [6, 6.07) is 7.52. The first-order valence-corrected chi connectivity index (χ1v) is 9.95. The van der Waals surface area contributed by atoms with Gasteiger partial charge in [-0.3, -0.25) is 9.48 Å². The molecule has 0 saturated carbocycles. The maximum absolute atomic E-state index is 12.7. The van der Waals surface area contributed by atoms with Gasteiger partial charge in [-0.25, -0.2) is 4.98 Å². The highest BCUT2D eigenvalue weighted by Gasteiger charge is 2.18. The molecule has 1 saturated heterocycles. The van der Waals surface area contributed by atoms with Crippen LogP contribution in [0.3, 0.4) is 0 Å². The van der Waals surface area contributed by atoms with Gasteiger partial charge in [-0.05, 0) is 17.7 Å². The van der Waals surface area contributed by atoms with Gasteiger partial charge in [0, 0.05) is 50.9 Å². The first-order chi connectivity index (χ1) is 15.1. The fraction of sp³-hybridized carbons (Fsp3) is 0.286. The molecule has 160 valence electrons. The van der Waals surface area contributed by atoms with E-state index in [1.54, 1.807) is 17.1 Å². The monoisotopic (exact) mass is 420 g/mol. The number of carbonyl (C=O) groups excluding carboxylic acids is 1. The number of carbonyl (C=O) groups is 1. The molecule has 3 heterocycles. The molecule has 1 fully saturated rings. The van der Waals surface area contributed by atoms with Crippen LogP contribution in [0.5, 0.6) is 0 Å². The third kappa shape index (κ3) is 5.04. The van der Waals surface area contributed by atoms with E-state index in [1.807, 2.05) is 42.4 Å². The Balaban J connectivity index is 1.46. The number of morpholine rings is 1. The predicted molar refractivity (Wildman–Crippen MR) is 117 cm³/mol. The molecule has 1 aliphatic heterocycles. The smallest absolute Gasteiger partial charge is 0.254 e. The Kier molecular flexibility index (Phi) is 6.18. The van der Waals surface area contributed by atoms with Crippen LogP contribution in [0, 0.1) is 5.41 Å². The lowest BCUT2D eigenvalue weighted by molar-refractivity contribution is 0.0303. The van der Waals surface area contributed by atoms with Gasteiger partial charge in [-0.2, -0.15) is 10.1 Å². The van der Waals surface area contributed by atoms with Crippen LogP contribution >= 0.6 is 0 Å². The second kappa shape index (κ2) is 9.35. The van der Waals surface area contributed by atoms with Crippen LogP contribution in [0.2, 0.25) is 0 Å².